The maximum Gasteiger partial charge on any atom is 0.406 e. The number of carbonyl (C=O) groups excluding carboxylic acids is 1. The quantitative estimate of drug-likeness (QED) is 0.521. The Hall–Kier alpha value is -2.23. The minimum absolute atomic E-state index is 0.0594. The molecule has 0 aromatic carbocycles. The van der Waals surface area contributed by atoms with Crippen molar-refractivity contribution in [1.82, 2.24) is 9.88 Å². The summed E-state index contributed by atoms with van der Waals surface area (Å²) in [6.45, 7) is 3.34. The summed E-state index contributed by atoms with van der Waals surface area (Å²) >= 11 is 0. The first-order chi connectivity index (χ1) is 11.7. The average Bonchev–Trinajstić information content (AvgIpc) is 2.92. The molecule has 0 aliphatic carbocycles. The van der Waals surface area contributed by atoms with Crippen LogP contribution in [-0.4, -0.2) is 59.3 Å². The zero-order chi connectivity index (χ0) is 18.6. The summed E-state index contributed by atoms with van der Waals surface area (Å²) in [6, 6.07) is 2.30. The van der Waals surface area contributed by atoms with Crippen LogP contribution in [0.3, 0.4) is 0 Å². The van der Waals surface area contributed by atoms with Gasteiger partial charge in [-0.1, -0.05) is 6.92 Å². The van der Waals surface area contributed by atoms with Crippen LogP contribution in [-0.2, 0) is 14.6 Å². The van der Waals surface area contributed by atoms with Gasteiger partial charge in [0.25, 0.3) is 5.91 Å². The summed E-state index contributed by atoms with van der Waals surface area (Å²) < 4.78 is 28.8. The van der Waals surface area contributed by atoms with E-state index in [-0.39, 0.29) is 29.3 Å². The number of rotatable bonds is 7. The molecule has 9 nitrogen and oxygen atoms in total. The van der Waals surface area contributed by atoms with E-state index in [2.05, 4.69) is 4.98 Å². The fourth-order valence-corrected chi connectivity index (χ4v) is 4.56. The highest BCUT2D eigenvalue weighted by molar-refractivity contribution is 7.91. The monoisotopic (exact) mass is 371 g/mol. The molecule has 1 aliphatic rings. The van der Waals surface area contributed by atoms with Crippen LogP contribution >= 0.6 is 0 Å². The fourth-order valence-electron chi connectivity index (χ4n) is 2.85. The van der Waals surface area contributed by atoms with Gasteiger partial charge in [-0.2, -0.15) is 0 Å². The van der Waals surface area contributed by atoms with Crippen LogP contribution in [0.25, 0.3) is 0 Å². The SMILES string of the molecule is CCC(C)N(C(=O)COc1cccnc1[N+](=O)[O-])C1CCS(=O)(=O)C1. The highest BCUT2D eigenvalue weighted by Gasteiger charge is 2.36. The Balaban J connectivity index is 2.12. The Morgan fingerprint density at radius 3 is 2.84 bits per heavy atom. The van der Waals surface area contributed by atoms with Crippen LogP contribution < -0.4 is 4.74 Å². The van der Waals surface area contributed by atoms with E-state index in [1.165, 1.54) is 23.2 Å². The lowest BCUT2D eigenvalue weighted by atomic mass is 10.1. The van der Waals surface area contributed by atoms with E-state index in [0.29, 0.717) is 12.8 Å². The molecule has 1 saturated heterocycles. The zero-order valence-corrected chi connectivity index (χ0v) is 14.9. The van der Waals surface area contributed by atoms with Crippen LogP contribution in [0.2, 0.25) is 0 Å². The van der Waals surface area contributed by atoms with Gasteiger partial charge in [0, 0.05) is 12.1 Å². The first-order valence-electron chi connectivity index (χ1n) is 7.99. The predicted molar refractivity (Wildman–Crippen MR) is 90.0 cm³/mol. The number of ether oxygens (including phenoxy) is 1. The highest BCUT2D eigenvalue weighted by Crippen LogP contribution is 2.24. The summed E-state index contributed by atoms with van der Waals surface area (Å²) in [6.07, 6.45) is 2.32. The number of nitrogens with zero attached hydrogens (tertiary/aromatic N) is 3. The van der Waals surface area contributed by atoms with E-state index >= 15 is 0 Å². The summed E-state index contributed by atoms with van der Waals surface area (Å²) in [4.78, 5) is 28.0. The van der Waals surface area contributed by atoms with Gasteiger partial charge in [-0.3, -0.25) is 4.79 Å². The standard InChI is InChI=1S/C15H21N3O6S/c1-3-11(2)17(12-6-8-25(22,23)10-12)14(19)9-24-13-5-4-7-16-15(13)18(20)21/h4-5,7,11-12H,3,6,8-10H2,1-2H3. The first kappa shape index (κ1) is 19.1. The van der Waals surface area contributed by atoms with E-state index in [9.17, 15) is 23.3 Å². The smallest absolute Gasteiger partial charge is 0.406 e. The second-order valence-electron chi connectivity index (χ2n) is 5.99. The number of amides is 1. The molecule has 0 N–H and O–H groups in total. The van der Waals surface area contributed by atoms with Gasteiger partial charge in [0.05, 0.1) is 11.5 Å². The minimum Gasteiger partial charge on any atom is -0.476 e. The van der Waals surface area contributed by atoms with Crippen molar-refractivity contribution < 1.29 is 22.9 Å². The summed E-state index contributed by atoms with van der Waals surface area (Å²) in [5.41, 5.74) is 0. The molecule has 2 heterocycles. The summed E-state index contributed by atoms with van der Waals surface area (Å²) in [5.74, 6) is -0.949. The van der Waals surface area contributed by atoms with Gasteiger partial charge in [-0.05, 0) is 41.8 Å². The van der Waals surface area contributed by atoms with Crippen LogP contribution in [0, 0.1) is 10.1 Å². The Kier molecular flexibility index (Phi) is 5.93. The molecule has 0 radical (unpaired) electrons. The van der Waals surface area contributed by atoms with Crippen molar-refractivity contribution in [3.8, 4) is 5.75 Å². The lowest BCUT2D eigenvalue weighted by Crippen LogP contribution is -2.48. The predicted octanol–water partition coefficient (Wildman–Crippen LogP) is 1.18. The number of pyridine rings is 1. The fraction of sp³-hybridized carbons (Fsp3) is 0.600. The molecule has 0 saturated carbocycles. The van der Waals surface area contributed by atoms with Crippen molar-refractivity contribution in [1.29, 1.82) is 0 Å². The highest BCUT2D eigenvalue weighted by atomic mass is 32.2. The van der Waals surface area contributed by atoms with Crippen LogP contribution in [0.15, 0.2) is 18.3 Å². The number of hydrogen-bond donors (Lipinski definition) is 0. The minimum atomic E-state index is -3.13. The second kappa shape index (κ2) is 7.77. The molecule has 1 aliphatic heterocycles. The molecule has 25 heavy (non-hydrogen) atoms. The molecule has 1 amide bonds. The molecule has 1 aromatic heterocycles. The molecule has 1 fully saturated rings. The Labute approximate surface area is 146 Å². The van der Waals surface area contributed by atoms with Gasteiger partial charge in [0.2, 0.25) is 5.75 Å². The number of aromatic nitrogens is 1. The Bertz CT molecular complexity index is 751. The van der Waals surface area contributed by atoms with E-state index in [0.717, 1.165) is 0 Å². The van der Waals surface area contributed by atoms with Gasteiger partial charge in [-0.15, -0.1) is 0 Å². The zero-order valence-electron chi connectivity index (χ0n) is 14.1. The third-order valence-corrected chi connectivity index (χ3v) is 5.98. The van der Waals surface area contributed by atoms with Gasteiger partial charge in [0.15, 0.2) is 16.4 Å². The topological polar surface area (TPSA) is 120 Å². The number of sulfone groups is 1. The van der Waals surface area contributed by atoms with Gasteiger partial charge >= 0.3 is 5.82 Å². The maximum atomic E-state index is 12.6. The molecule has 1 aromatic rings. The van der Waals surface area contributed by atoms with Gasteiger partial charge in [-0.25, -0.2) is 8.42 Å². The van der Waals surface area contributed by atoms with E-state index in [1.807, 2.05) is 13.8 Å². The third-order valence-electron chi connectivity index (χ3n) is 4.23. The molecule has 138 valence electrons. The molecule has 0 spiro atoms. The van der Waals surface area contributed by atoms with Crippen molar-refractivity contribution >= 4 is 21.6 Å². The van der Waals surface area contributed by atoms with Crippen molar-refractivity contribution in [2.75, 3.05) is 18.1 Å². The third kappa shape index (κ3) is 4.65. The lowest BCUT2D eigenvalue weighted by molar-refractivity contribution is -0.390. The maximum absolute atomic E-state index is 12.6. The van der Waals surface area contributed by atoms with E-state index in [1.54, 1.807) is 0 Å². The van der Waals surface area contributed by atoms with Crippen LogP contribution in [0.1, 0.15) is 26.7 Å². The normalized spacial score (nSPS) is 20.0. The summed E-state index contributed by atoms with van der Waals surface area (Å²) in [7, 11) is -3.13. The summed E-state index contributed by atoms with van der Waals surface area (Å²) in [5, 5.41) is 10.9. The molecule has 0 bridgehead atoms. The molecular weight excluding hydrogens is 350 g/mol. The van der Waals surface area contributed by atoms with Crippen molar-refractivity contribution in [3.05, 3.63) is 28.4 Å². The molecular formula is C15H21N3O6S. The van der Waals surface area contributed by atoms with Crippen molar-refractivity contribution in [2.45, 2.75) is 38.8 Å². The van der Waals surface area contributed by atoms with E-state index < -0.39 is 33.1 Å². The van der Waals surface area contributed by atoms with Crippen LogP contribution in [0.4, 0.5) is 5.82 Å². The van der Waals surface area contributed by atoms with Gasteiger partial charge in [0.1, 0.15) is 6.20 Å². The Morgan fingerprint density at radius 2 is 2.28 bits per heavy atom. The van der Waals surface area contributed by atoms with E-state index in [4.69, 9.17) is 4.74 Å². The van der Waals surface area contributed by atoms with Gasteiger partial charge < -0.3 is 19.8 Å². The average molecular weight is 371 g/mol. The molecule has 10 heteroatoms. The van der Waals surface area contributed by atoms with Crippen molar-refractivity contribution in [3.63, 3.8) is 0 Å². The molecule has 2 unspecified atom stereocenters. The Morgan fingerprint density at radius 1 is 1.56 bits per heavy atom. The largest absolute Gasteiger partial charge is 0.476 e. The van der Waals surface area contributed by atoms with Crippen LogP contribution in [0.5, 0.6) is 5.75 Å². The van der Waals surface area contributed by atoms with Crippen molar-refractivity contribution in [2.24, 2.45) is 0 Å². The second-order valence-corrected chi connectivity index (χ2v) is 8.21. The molecule has 2 atom stereocenters. The lowest BCUT2D eigenvalue weighted by Gasteiger charge is -2.33. The number of hydrogen-bond acceptors (Lipinski definition) is 7. The first-order valence-corrected chi connectivity index (χ1v) is 9.81. The number of carbonyl (C=O) groups is 1. The molecule has 2 rings (SSSR count). The number of nitro groups is 1.